The lowest BCUT2D eigenvalue weighted by atomic mass is 10.2. The first-order valence-corrected chi connectivity index (χ1v) is 8.48. The lowest BCUT2D eigenvalue weighted by molar-refractivity contribution is 0.177. The van der Waals surface area contributed by atoms with Crippen LogP contribution in [0.1, 0.15) is 5.56 Å². The van der Waals surface area contributed by atoms with Crippen molar-refractivity contribution < 1.29 is 26.3 Å². The van der Waals surface area contributed by atoms with E-state index in [-0.39, 0.29) is 19.7 Å². The number of hydrogen-bond donors (Lipinski definition) is 0. The largest absolute Gasteiger partial charge is 0.383 e. The first-order valence-electron chi connectivity index (χ1n) is 7.04. The molecule has 0 aliphatic carbocycles. The second-order valence-corrected chi connectivity index (χ2v) is 6.90. The van der Waals surface area contributed by atoms with Crippen molar-refractivity contribution in [2.75, 3.05) is 20.3 Å². The Hall–Kier alpha value is -1.90. The maximum absolute atomic E-state index is 13.9. The summed E-state index contributed by atoms with van der Waals surface area (Å²) >= 11 is 0. The summed E-state index contributed by atoms with van der Waals surface area (Å²) in [6.07, 6.45) is 0. The zero-order valence-corrected chi connectivity index (χ0v) is 13.7. The fourth-order valence-corrected chi connectivity index (χ4v) is 3.58. The van der Waals surface area contributed by atoms with Crippen molar-refractivity contribution in [1.29, 1.82) is 0 Å². The Kier molecular flexibility index (Phi) is 5.98. The molecule has 8 heteroatoms. The number of rotatable bonds is 7. The topological polar surface area (TPSA) is 46.6 Å². The molecule has 0 bridgehead atoms. The summed E-state index contributed by atoms with van der Waals surface area (Å²) in [4.78, 5) is -0.909. The highest BCUT2D eigenvalue weighted by Crippen LogP contribution is 2.24. The van der Waals surface area contributed by atoms with Crippen molar-refractivity contribution >= 4 is 10.0 Å². The van der Waals surface area contributed by atoms with E-state index in [4.69, 9.17) is 4.74 Å². The Balaban J connectivity index is 2.42. The molecule has 0 aromatic heterocycles. The quantitative estimate of drug-likeness (QED) is 0.714. The van der Waals surface area contributed by atoms with E-state index in [9.17, 15) is 21.6 Å². The van der Waals surface area contributed by atoms with Crippen LogP contribution >= 0.6 is 0 Å². The van der Waals surface area contributed by atoms with Crippen LogP contribution in [-0.4, -0.2) is 33.0 Å². The number of ether oxygens (including phenoxy) is 1. The summed E-state index contributed by atoms with van der Waals surface area (Å²) in [5.74, 6) is -4.99. The van der Waals surface area contributed by atoms with Gasteiger partial charge in [0, 0.05) is 20.2 Å². The third kappa shape index (κ3) is 3.95. The predicted molar refractivity (Wildman–Crippen MR) is 82.2 cm³/mol. The van der Waals surface area contributed by atoms with Gasteiger partial charge in [-0.25, -0.2) is 21.6 Å². The zero-order chi connectivity index (χ0) is 17.7. The SMILES string of the molecule is COCCN(Cc1ccccc1)S(=O)(=O)c1ccc(F)c(F)c1F. The molecule has 0 N–H and O–H groups in total. The van der Waals surface area contributed by atoms with Gasteiger partial charge in [-0.15, -0.1) is 0 Å². The van der Waals surface area contributed by atoms with Crippen LogP contribution in [0.25, 0.3) is 0 Å². The van der Waals surface area contributed by atoms with Crippen LogP contribution < -0.4 is 0 Å². The molecule has 0 spiro atoms. The average Bonchev–Trinajstić information content (AvgIpc) is 2.57. The lowest BCUT2D eigenvalue weighted by Crippen LogP contribution is -2.34. The molecule has 24 heavy (non-hydrogen) atoms. The summed E-state index contributed by atoms with van der Waals surface area (Å²) in [7, 11) is -2.98. The molecule has 0 aliphatic heterocycles. The summed E-state index contributed by atoms with van der Waals surface area (Å²) < 4.78 is 71.6. The molecule has 0 atom stereocenters. The molecular weight excluding hydrogens is 343 g/mol. The van der Waals surface area contributed by atoms with E-state index >= 15 is 0 Å². The minimum absolute atomic E-state index is 0.0506. The number of hydrogen-bond acceptors (Lipinski definition) is 3. The van der Waals surface area contributed by atoms with Gasteiger partial charge in [-0.3, -0.25) is 0 Å². The molecule has 0 fully saturated rings. The van der Waals surface area contributed by atoms with Crippen LogP contribution in [0.4, 0.5) is 13.2 Å². The van der Waals surface area contributed by atoms with E-state index < -0.39 is 32.4 Å². The summed E-state index contributed by atoms with van der Waals surface area (Å²) in [6, 6.07) is 9.94. The maximum Gasteiger partial charge on any atom is 0.246 e. The van der Waals surface area contributed by atoms with Crippen LogP contribution in [-0.2, 0) is 21.3 Å². The van der Waals surface area contributed by atoms with Gasteiger partial charge in [0.2, 0.25) is 10.0 Å². The van der Waals surface area contributed by atoms with E-state index in [0.29, 0.717) is 17.7 Å². The normalized spacial score (nSPS) is 11.9. The second kappa shape index (κ2) is 7.78. The molecule has 0 saturated heterocycles. The average molecular weight is 359 g/mol. The van der Waals surface area contributed by atoms with Crippen LogP contribution in [0, 0.1) is 17.5 Å². The zero-order valence-electron chi connectivity index (χ0n) is 12.9. The summed E-state index contributed by atoms with van der Waals surface area (Å²) in [6.45, 7) is -0.0471. The highest BCUT2D eigenvalue weighted by molar-refractivity contribution is 7.89. The molecule has 2 aromatic rings. The molecule has 0 aliphatic rings. The van der Waals surface area contributed by atoms with E-state index in [1.165, 1.54) is 7.11 Å². The van der Waals surface area contributed by atoms with E-state index in [0.717, 1.165) is 4.31 Å². The predicted octanol–water partition coefficient (Wildman–Crippen LogP) is 2.94. The third-order valence-corrected chi connectivity index (χ3v) is 5.23. The van der Waals surface area contributed by atoms with Crippen molar-refractivity contribution in [2.24, 2.45) is 0 Å². The smallest absolute Gasteiger partial charge is 0.246 e. The summed E-state index contributed by atoms with van der Waals surface area (Å²) in [5, 5.41) is 0. The first-order chi connectivity index (χ1) is 11.4. The number of nitrogens with zero attached hydrogens (tertiary/aromatic N) is 1. The first kappa shape index (κ1) is 18.4. The fourth-order valence-electron chi connectivity index (χ4n) is 2.11. The van der Waals surface area contributed by atoms with Crippen LogP contribution in [0.3, 0.4) is 0 Å². The Labute approximate surface area is 138 Å². The van der Waals surface area contributed by atoms with Gasteiger partial charge in [0.15, 0.2) is 17.5 Å². The second-order valence-electron chi connectivity index (χ2n) is 4.99. The van der Waals surface area contributed by atoms with Gasteiger partial charge in [-0.2, -0.15) is 4.31 Å². The molecule has 2 aromatic carbocycles. The lowest BCUT2D eigenvalue weighted by Gasteiger charge is -2.22. The van der Waals surface area contributed by atoms with Gasteiger partial charge in [0.1, 0.15) is 4.90 Å². The Morgan fingerprint density at radius 2 is 1.67 bits per heavy atom. The number of benzene rings is 2. The molecule has 4 nitrogen and oxygen atoms in total. The van der Waals surface area contributed by atoms with Crippen molar-refractivity contribution in [2.45, 2.75) is 11.4 Å². The van der Waals surface area contributed by atoms with Crippen LogP contribution in [0.5, 0.6) is 0 Å². The Morgan fingerprint density at radius 1 is 1.00 bits per heavy atom. The van der Waals surface area contributed by atoms with Gasteiger partial charge in [-0.1, -0.05) is 30.3 Å². The van der Waals surface area contributed by atoms with Crippen molar-refractivity contribution in [3.8, 4) is 0 Å². The van der Waals surface area contributed by atoms with Crippen molar-refractivity contribution in [1.82, 2.24) is 4.31 Å². The highest BCUT2D eigenvalue weighted by Gasteiger charge is 2.30. The van der Waals surface area contributed by atoms with E-state index in [1.807, 2.05) is 0 Å². The summed E-state index contributed by atoms with van der Waals surface area (Å²) in [5.41, 5.74) is 0.667. The Bertz CT molecular complexity index is 798. The number of methoxy groups -OCH3 is 1. The van der Waals surface area contributed by atoms with Gasteiger partial charge in [-0.05, 0) is 17.7 Å². The number of halogens is 3. The van der Waals surface area contributed by atoms with Crippen molar-refractivity contribution in [3.05, 3.63) is 65.5 Å². The molecule has 130 valence electrons. The molecule has 0 saturated carbocycles. The van der Waals surface area contributed by atoms with Gasteiger partial charge >= 0.3 is 0 Å². The molecule has 0 radical (unpaired) electrons. The van der Waals surface area contributed by atoms with Crippen LogP contribution in [0.2, 0.25) is 0 Å². The Morgan fingerprint density at radius 3 is 2.29 bits per heavy atom. The third-order valence-electron chi connectivity index (χ3n) is 3.36. The van der Waals surface area contributed by atoms with E-state index in [1.54, 1.807) is 30.3 Å². The van der Waals surface area contributed by atoms with Gasteiger partial charge in [0.05, 0.1) is 6.61 Å². The van der Waals surface area contributed by atoms with E-state index in [2.05, 4.69) is 0 Å². The molecule has 0 heterocycles. The minimum Gasteiger partial charge on any atom is -0.383 e. The van der Waals surface area contributed by atoms with Crippen molar-refractivity contribution in [3.63, 3.8) is 0 Å². The molecular formula is C16H16F3NO3S. The molecule has 2 rings (SSSR count). The van der Waals surface area contributed by atoms with Gasteiger partial charge in [0.25, 0.3) is 0 Å². The van der Waals surface area contributed by atoms with Gasteiger partial charge < -0.3 is 4.74 Å². The minimum atomic E-state index is -4.37. The van der Waals surface area contributed by atoms with Crippen LogP contribution in [0.15, 0.2) is 47.4 Å². The monoisotopic (exact) mass is 359 g/mol. The number of sulfonamides is 1. The highest BCUT2D eigenvalue weighted by atomic mass is 32.2. The molecule has 0 unspecified atom stereocenters. The standard InChI is InChI=1S/C16H16F3NO3S/c1-23-10-9-20(11-12-5-3-2-4-6-12)24(21,22)14-8-7-13(17)15(18)16(14)19/h2-8H,9-11H2,1H3. The maximum atomic E-state index is 13.9. The fraction of sp³-hybridized carbons (Fsp3) is 0.250. The molecule has 0 amide bonds.